The zero-order valence-electron chi connectivity index (χ0n) is 33.7. The molecular weight excluding hydrogens is 631 g/mol. The van der Waals surface area contributed by atoms with Gasteiger partial charge in [0.15, 0.2) is 0 Å². The maximum absolute atomic E-state index is 12.5. The molecule has 51 heavy (non-hydrogen) atoms. The van der Waals surface area contributed by atoms with Crippen molar-refractivity contribution < 1.29 is 20.1 Å². The van der Waals surface area contributed by atoms with E-state index in [1.165, 1.54) is 154 Å². The van der Waals surface area contributed by atoms with Crippen LogP contribution < -0.4 is 5.32 Å². The fraction of sp³-hybridized carbons (Fsp3) is 0.804. The molecule has 0 saturated heterocycles. The monoisotopic (exact) mass is 716 g/mol. The van der Waals surface area contributed by atoms with Gasteiger partial charge in [-0.2, -0.15) is 0 Å². The largest absolute Gasteiger partial charge is 0.394 e. The van der Waals surface area contributed by atoms with Gasteiger partial charge >= 0.3 is 0 Å². The van der Waals surface area contributed by atoms with Gasteiger partial charge in [-0.25, -0.2) is 0 Å². The molecule has 0 aliphatic rings. The Labute approximate surface area is 316 Å². The summed E-state index contributed by atoms with van der Waals surface area (Å²) in [5.74, 6) is -0.518. The van der Waals surface area contributed by atoms with Crippen molar-refractivity contribution in [2.24, 2.45) is 0 Å². The van der Waals surface area contributed by atoms with E-state index in [0.717, 1.165) is 38.5 Å². The number of rotatable bonds is 39. The minimum absolute atomic E-state index is 0.379. The van der Waals surface area contributed by atoms with Gasteiger partial charge in [-0.15, -0.1) is 0 Å². The SMILES string of the molecule is CCCCC/C=C\C=C/CCCCCCCCCCCC(O)C(=O)NC(CO)C(O)/C=C/CC/C=C/CCCCCCCCCCCCCCC. The molecule has 0 saturated carbocycles. The van der Waals surface area contributed by atoms with Crippen molar-refractivity contribution in [1.29, 1.82) is 0 Å². The third kappa shape index (κ3) is 36.5. The van der Waals surface area contributed by atoms with Crippen LogP contribution in [-0.4, -0.2) is 46.1 Å². The second-order valence-electron chi connectivity index (χ2n) is 14.9. The molecule has 4 N–H and O–H groups in total. The number of carbonyl (C=O) groups is 1. The standard InChI is InChI=1S/C46H85NO4/c1-3-5-7-9-11-13-15-17-19-21-23-25-26-28-30-32-34-36-38-40-44(49)43(42-48)47-46(51)45(50)41-39-37-35-33-31-29-27-24-22-20-18-16-14-12-10-8-6-4-2/h12,14,16,18,30,32,38,40,43-45,48-50H,3-11,13,15,17,19-29,31,33-37,39,41-42H2,1-2H3,(H,47,51)/b14-12-,18-16-,32-30+,40-38+. The molecule has 1 amide bonds. The van der Waals surface area contributed by atoms with Crippen molar-refractivity contribution in [2.45, 2.75) is 231 Å². The fourth-order valence-corrected chi connectivity index (χ4v) is 6.43. The van der Waals surface area contributed by atoms with E-state index in [-0.39, 0.29) is 6.61 Å². The Morgan fingerprint density at radius 3 is 1.35 bits per heavy atom. The summed E-state index contributed by atoms with van der Waals surface area (Å²) in [7, 11) is 0. The van der Waals surface area contributed by atoms with Gasteiger partial charge in [0.05, 0.1) is 18.8 Å². The zero-order valence-corrected chi connectivity index (χ0v) is 33.7. The number of carbonyl (C=O) groups excluding carboxylic acids is 1. The quantitative estimate of drug-likeness (QED) is 0.0290. The Morgan fingerprint density at radius 2 is 0.863 bits per heavy atom. The summed E-state index contributed by atoms with van der Waals surface area (Å²) >= 11 is 0. The normalized spacial score (nSPS) is 14.1. The van der Waals surface area contributed by atoms with Crippen molar-refractivity contribution in [3.05, 3.63) is 48.6 Å². The zero-order chi connectivity index (χ0) is 37.3. The summed E-state index contributed by atoms with van der Waals surface area (Å²) in [4.78, 5) is 12.5. The predicted molar refractivity (Wildman–Crippen MR) is 222 cm³/mol. The highest BCUT2D eigenvalue weighted by Gasteiger charge is 2.22. The van der Waals surface area contributed by atoms with Crippen LogP contribution in [0.15, 0.2) is 48.6 Å². The Bertz CT molecular complexity index is 835. The Balaban J connectivity index is 3.74. The first kappa shape index (κ1) is 49.3. The molecule has 5 nitrogen and oxygen atoms in total. The van der Waals surface area contributed by atoms with Gasteiger partial charge in [-0.05, 0) is 57.8 Å². The molecule has 0 rings (SSSR count). The Kier molecular flexibility index (Phi) is 39.7. The van der Waals surface area contributed by atoms with E-state index in [0.29, 0.717) is 6.42 Å². The summed E-state index contributed by atoms with van der Waals surface area (Å²) < 4.78 is 0. The fourth-order valence-electron chi connectivity index (χ4n) is 6.43. The van der Waals surface area contributed by atoms with E-state index < -0.39 is 24.2 Å². The number of hydrogen-bond donors (Lipinski definition) is 4. The highest BCUT2D eigenvalue weighted by molar-refractivity contribution is 5.80. The lowest BCUT2D eigenvalue weighted by Gasteiger charge is -2.21. The van der Waals surface area contributed by atoms with Crippen molar-refractivity contribution in [1.82, 2.24) is 5.32 Å². The van der Waals surface area contributed by atoms with Crippen molar-refractivity contribution >= 4 is 5.91 Å². The third-order valence-corrected chi connectivity index (χ3v) is 9.92. The van der Waals surface area contributed by atoms with Crippen LogP contribution in [0.1, 0.15) is 213 Å². The molecule has 0 aromatic carbocycles. The van der Waals surface area contributed by atoms with Crippen LogP contribution in [0.5, 0.6) is 0 Å². The number of unbranched alkanes of at least 4 members (excludes halogenated alkanes) is 26. The Morgan fingerprint density at radius 1 is 0.490 bits per heavy atom. The van der Waals surface area contributed by atoms with Crippen molar-refractivity contribution in [2.75, 3.05) is 6.61 Å². The summed E-state index contributed by atoms with van der Waals surface area (Å²) in [6.45, 7) is 4.14. The van der Waals surface area contributed by atoms with Gasteiger partial charge in [0, 0.05) is 0 Å². The molecule has 0 aliphatic heterocycles. The number of allylic oxidation sites excluding steroid dienone is 7. The summed E-state index contributed by atoms with van der Waals surface area (Å²) in [5, 5.41) is 33.1. The van der Waals surface area contributed by atoms with Gasteiger partial charge in [0.25, 0.3) is 0 Å². The highest BCUT2D eigenvalue weighted by atomic mass is 16.3. The smallest absolute Gasteiger partial charge is 0.249 e. The average Bonchev–Trinajstić information content (AvgIpc) is 3.13. The van der Waals surface area contributed by atoms with Crippen molar-refractivity contribution in [3.8, 4) is 0 Å². The van der Waals surface area contributed by atoms with Gasteiger partial charge in [0.2, 0.25) is 5.91 Å². The number of nitrogens with one attached hydrogen (secondary N) is 1. The van der Waals surface area contributed by atoms with E-state index >= 15 is 0 Å². The van der Waals surface area contributed by atoms with Crippen LogP contribution in [0.3, 0.4) is 0 Å². The third-order valence-electron chi connectivity index (χ3n) is 9.92. The molecule has 5 heteroatoms. The van der Waals surface area contributed by atoms with Gasteiger partial charge in [0.1, 0.15) is 6.10 Å². The maximum atomic E-state index is 12.5. The molecule has 0 spiro atoms. The Hall–Kier alpha value is -1.69. The predicted octanol–water partition coefficient (Wildman–Crippen LogP) is 12.5. The lowest BCUT2D eigenvalue weighted by molar-refractivity contribution is -0.131. The minimum Gasteiger partial charge on any atom is -0.394 e. The number of aliphatic hydroxyl groups excluding tert-OH is 3. The maximum Gasteiger partial charge on any atom is 0.249 e. The lowest BCUT2D eigenvalue weighted by atomic mass is 10.0. The first-order valence-corrected chi connectivity index (χ1v) is 22.0. The van der Waals surface area contributed by atoms with Crippen LogP contribution in [0, 0.1) is 0 Å². The van der Waals surface area contributed by atoms with Crippen LogP contribution in [0.4, 0.5) is 0 Å². The summed E-state index contributed by atoms with van der Waals surface area (Å²) in [5.41, 5.74) is 0. The molecule has 0 heterocycles. The molecular formula is C46H85NO4. The molecule has 0 fully saturated rings. The van der Waals surface area contributed by atoms with Crippen LogP contribution in [0.25, 0.3) is 0 Å². The van der Waals surface area contributed by atoms with Crippen LogP contribution in [0.2, 0.25) is 0 Å². The molecule has 0 aliphatic carbocycles. The lowest BCUT2D eigenvalue weighted by Crippen LogP contribution is -2.48. The molecule has 298 valence electrons. The van der Waals surface area contributed by atoms with Gasteiger partial charge in [-0.1, -0.05) is 204 Å². The summed E-state index contributed by atoms with van der Waals surface area (Å²) in [6.07, 6.45) is 52.8. The molecule has 3 unspecified atom stereocenters. The van der Waals surface area contributed by atoms with Crippen LogP contribution in [-0.2, 0) is 4.79 Å². The number of amides is 1. The van der Waals surface area contributed by atoms with E-state index in [1.807, 2.05) is 6.08 Å². The number of aliphatic hydroxyl groups is 3. The topological polar surface area (TPSA) is 89.8 Å². The average molecular weight is 716 g/mol. The van der Waals surface area contributed by atoms with Crippen molar-refractivity contribution in [3.63, 3.8) is 0 Å². The number of hydrogen-bond acceptors (Lipinski definition) is 4. The van der Waals surface area contributed by atoms with E-state index in [4.69, 9.17) is 0 Å². The molecule has 0 bridgehead atoms. The molecule has 0 aromatic rings. The first-order valence-electron chi connectivity index (χ1n) is 22.0. The summed E-state index contributed by atoms with van der Waals surface area (Å²) in [6, 6.07) is -0.817. The minimum atomic E-state index is -1.11. The first-order chi connectivity index (χ1) is 25.1. The highest BCUT2D eigenvalue weighted by Crippen LogP contribution is 2.14. The van der Waals surface area contributed by atoms with E-state index in [2.05, 4.69) is 55.6 Å². The van der Waals surface area contributed by atoms with Gasteiger partial charge in [-0.3, -0.25) is 4.79 Å². The molecule has 0 aromatic heterocycles. The van der Waals surface area contributed by atoms with Gasteiger partial charge < -0.3 is 20.6 Å². The van der Waals surface area contributed by atoms with Crippen LogP contribution >= 0.6 is 0 Å². The van der Waals surface area contributed by atoms with E-state index in [9.17, 15) is 20.1 Å². The molecule has 3 atom stereocenters. The molecule has 0 radical (unpaired) electrons. The second-order valence-corrected chi connectivity index (χ2v) is 14.9. The second kappa shape index (κ2) is 41.1. The van der Waals surface area contributed by atoms with E-state index in [1.54, 1.807) is 6.08 Å².